The van der Waals surface area contributed by atoms with Gasteiger partial charge in [0, 0.05) is 24.0 Å². The Morgan fingerprint density at radius 1 is 1.45 bits per heavy atom. The van der Waals surface area contributed by atoms with Gasteiger partial charge >= 0.3 is 0 Å². The molecule has 0 saturated carbocycles. The molecule has 3 rings (SSSR count). The molecule has 2 atom stereocenters. The van der Waals surface area contributed by atoms with E-state index in [4.69, 9.17) is 4.74 Å². The van der Waals surface area contributed by atoms with E-state index in [9.17, 15) is 0 Å². The van der Waals surface area contributed by atoms with E-state index in [1.54, 1.807) is 11.3 Å². The normalized spacial score (nSPS) is 18.6. The molecule has 0 spiro atoms. The summed E-state index contributed by atoms with van der Waals surface area (Å²) in [5.74, 6) is 1.04. The van der Waals surface area contributed by atoms with E-state index in [0.717, 1.165) is 29.4 Å². The molecule has 0 radical (unpaired) electrons. The Balaban J connectivity index is 1.56. The first-order valence-electron chi connectivity index (χ1n) is 7.03. The molecular weight excluding hydrogens is 268 g/mol. The Morgan fingerprint density at radius 2 is 2.30 bits per heavy atom. The van der Waals surface area contributed by atoms with Gasteiger partial charge in [-0.1, -0.05) is 17.7 Å². The number of nitrogens with one attached hydrogen (secondary N) is 1. The second-order valence-corrected chi connectivity index (χ2v) is 6.40. The first-order chi connectivity index (χ1) is 9.61. The smallest absolute Gasteiger partial charge is 0.123 e. The maximum Gasteiger partial charge on any atom is 0.123 e. The maximum absolute atomic E-state index is 5.97. The highest BCUT2D eigenvalue weighted by molar-refractivity contribution is 7.09. The monoisotopic (exact) mass is 288 g/mol. The molecule has 20 heavy (non-hydrogen) atoms. The van der Waals surface area contributed by atoms with Gasteiger partial charge in [-0.25, -0.2) is 4.98 Å². The fraction of sp³-hybridized carbons (Fsp3) is 0.438. The molecule has 0 fully saturated rings. The van der Waals surface area contributed by atoms with Crippen molar-refractivity contribution in [2.24, 2.45) is 0 Å². The number of hydrogen-bond donors (Lipinski definition) is 1. The summed E-state index contributed by atoms with van der Waals surface area (Å²) in [5.41, 5.74) is 3.72. The third kappa shape index (κ3) is 2.86. The predicted molar refractivity (Wildman–Crippen MR) is 82.6 cm³/mol. The van der Waals surface area contributed by atoms with Crippen LogP contribution in [-0.4, -0.2) is 17.6 Å². The van der Waals surface area contributed by atoms with Crippen LogP contribution in [0.2, 0.25) is 0 Å². The zero-order chi connectivity index (χ0) is 14.1. The van der Waals surface area contributed by atoms with E-state index in [1.165, 1.54) is 11.1 Å². The summed E-state index contributed by atoms with van der Waals surface area (Å²) in [5, 5.41) is 6.77. The second-order valence-electron chi connectivity index (χ2n) is 5.51. The number of aromatic nitrogens is 1. The van der Waals surface area contributed by atoms with Gasteiger partial charge in [-0.2, -0.15) is 0 Å². The lowest BCUT2D eigenvalue weighted by atomic mass is 10.1. The third-order valence-electron chi connectivity index (χ3n) is 3.62. The molecule has 0 saturated heterocycles. The van der Waals surface area contributed by atoms with Crippen LogP contribution in [0.3, 0.4) is 0 Å². The molecule has 106 valence electrons. The standard InChI is InChI=1S/C16H20N2OS/c1-10-4-5-15-13(6-10)7-14(19-15)8-17-12(3)16-18-11(2)9-20-16/h4-6,9,12,14,17H,7-8H2,1-3H3. The molecule has 1 aromatic heterocycles. The Bertz CT molecular complexity index is 608. The van der Waals surface area contributed by atoms with Crippen molar-refractivity contribution in [3.05, 3.63) is 45.4 Å². The molecule has 0 amide bonds. The Morgan fingerprint density at radius 3 is 3.05 bits per heavy atom. The summed E-state index contributed by atoms with van der Waals surface area (Å²) in [6.07, 6.45) is 1.23. The maximum atomic E-state index is 5.97. The van der Waals surface area contributed by atoms with Gasteiger partial charge in [0.25, 0.3) is 0 Å². The number of rotatable bonds is 4. The van der Waals surface area contributed by atoms with E-state index in [0.29, 0.717) is 0 Å². The number of fused-ring (bicyclic) bond motifs is 1. The van der Waals surface area contributed by atoms with E-state index in [2.05, 4.69) is 47.7 Å². The van der Waals surface area contributed by atoms with Crippen LogP contribution in [0.1, 0.15) is 34.8 Å². The molecule has 2 heterocycles. The van der Waals surface area contributed by atoms with Crippen LogP contribution in [0.15, 0.2) is 23.6 Å². The highest BCUT2D eigenvalue weighted by Gasteiger charge is 2.23. The van der Waals surface area contributed by atoms with Gasteiger partial charge in [-0.3, -0.25) is 0 Å². The fourth-order valence-corrected chi connectivity index (χ4v) is 3.36. The summed E-state index contributed by atoms with van der Waals surface area (Å²) in [7, 11) is 0. The zero-order valence-electron chi connectivity index (χ0n) is 12.1. The van der Waals surface area contributed by atoms with Gasteiger partial charge in [-0.15, -0.1) is 11.3 Å². The molecule has 4 heteroatoms. The molecule has 1 aliphatic heterocycles. The minimum Gasteiger partial charge on any atom is -0.488 e. The van der Waals surface area contributed by atoms with Crippen LogP contribution in [0, 0.1) is 13.8 Å². The van der Waals surface area contributed by atoms with Crippen LogP contribution < -0.4 is 10.1 Å². The van der Waals surface area contributed by atoms with Crippen molar-refractivity contribution in [3.8, 4) is 5.75 Å². The third-order valence-corrected chi connectivity index (χ3v) is 4.76. The van der Waals surface area contributed by atoms with Gasteiger partial charge in [0.1, 0.15) is 16.9 Å². The second kappa shape index (κ2) is 5.54. The quantitative estimate of drug-likeness (QED) is 0.936. The number of ether oxygens (including phenoxy) is 1. The molecular formula is C16H20N2OS. The lowest BCUT2D eigenvalue weighted by Gasteiger charge is -2.15. The number of hydrogen-bond acceptors (Lipinski definition) is 4. The van der Waals surface area contributed by atoms with Crippen LogP contribution in [0.5, 0.6) is 5.75 Å². The van der Waals surface area contributed by atoms with Crippen molar-refractivity contribution in [1.82, 2.24) is 10.3 Å². The van der Waals surface area contributed by atoms with Crippen molar-refractivity contribution in [1.29, 1.82) is 0 Å². The summed E-state index contributed by atoms with van der Waals surface area (Å²) in [6.45, 7) is 7.17. The summed E-state index contributed by atoms with van der Waals surface area (Å²) in [6, 6.07) is 6.69. The van der Waals surface area contributed by atoms with Crippen LogP contribution in [0.4, 0.5) is 0 Å². The number of aryl methyl sites for hydroxylation is 2. The van der Waals surface area contributed by atoms with Crippen molar-refractivity contribution < 1.29 is 4.74 Å². The van der Waals surface area contributed by atoms with Crippen molar-refractivity contribution in [3.63, 3.8) is 0 Å². The predicted octanol–water partition coefficient (Wildman–Crippen LogP) is 3.41. The lowest BCUT2D eigenvalue weighted by molar-refractivity contribution is 0.222. The van der Waals surface area contributed by atoms with Gasteiger partial charge in [-0.05, 0) is 32.4 Å². The van der Waals surface area contributed by atoms with Crippen LogP contribution in [0.25, 0.3) is 0 Å². The summed E-state index contributed by atoms with van der Waals surface area (Å²) in [4.78, 5) is 4.52. The summed E-state index contributed by atoms with van der Waals surface area (Å²) < 4.78 is 5.97. The SMILES string of the molecule is Cc1ccc2c(c1)CC(CNC(C)c1nc(C)cs1)O2. The van der Waals surface area contributed by atoms with E-state index in [1.807, 2.05) is 6.92 Å². The molecule has 2 unspecified atom stereocenters. The van der Waals surface area contributed by atoms with E-state index >= 15 is 0 Å². The Labute approximate surface area is 124 Å². The van der Waals surface area contributed by atoms with Crippen LogP contribution in [-0.2, 0) is 6.42 Å². The molecule has 3 nitrogen and oxygen atoms in total. The number of nitrogens with zero attached hydrogens (tertiary/aromatic N) is 1. The minimum atomic E-state index is 0.232. The lowest BCUT2D eigenvalue weighted by Crippen LogP contribution is -2.31. The molecule has 2 aromatic rings. The molecule has 1 aromatic carbocycles. The molecule has 1 aliphatic rings. The number of benzene rings is 1. The van der Waals surface area contributed by atoms with Gasteiger partial charge in [0.05, 0.1) is 6.04 Å². The number of thiazole rings is 1. The fourth-order valence-electron chi connectivity index (χ4n) is 2.53. The van der Waals surface area contributed by atoms with Crippen molar-refractivity contribution in [2.45, 2.75) is 39.3 Å². The highest BCUT2D eigenvalue weighted by atomic mass is 32.1. The minimum absolute atomic E-state index is 0.232. The Kier molecular flexibility index (Phi) is 3.76. The van der Waals surface area contributed by atoms with E-state index in [-0.39, 0.29) is 12.1 Å². The van der Waals surface area contributed by atoms with Crippen molar-refractivity contribution in [2.75, 3.05) is 6.54 Å². The molecule has 1 N–H and O–H groups in total. The van der Waals surface area contributed by atoms with Gasteiger partial charge in [0.2, 0.25) is 0 Å². The van der Waals surface area contributed by atoms with Gasteiger partial charge in [0.15, 0.2) is 0 Å². The molecule has 0 bridgehead atoms. The van der Waals surface area contributed by atoms with Gasteiger partial charge < -0.3 is 10.1 Å². The summed E-state index contributed by atoms with van der Waals surface area (Å²) >= 11 is 1.72. The first kappa shape index (κ1) is 13.6. The average Bonchev–Trinajstić information content (AvgIpc) is 3.01. The average molecular weight is 288 g/mol. The first-order valence-corrected chi connectivity index (χ1v) is 7.91. The van der Waals surface area contributed by atoms with Crippen molar-refractivity contribution >= 4 is 11.3 Å². The zero-order valence-corrected chi connectivity index (χ0v) is 13.0. The molecule has 0 aliphatic carbocycles. The Hall–Kier alpha value is -1.39. The highest BCUT2D eigenvalue weighted by Crippen LogP contribution is 2.29. The largest absolute Gasteiger partial charge is 0.488 e. The van der Waals surface area contributed by atoms with E-state index < -0.39 is 0 Å². The van der Waals surface area contributed by atoms with Crippen LogP contribution >= 0.6 is 11.3 Å². The topological polar surface area (TPSA) is 34.2 Å².